The number of benzene rings is 2. The van der Waals surface area contributed by atoms with Gasteiger partial charge in [-0.3, -0.25) is 4.79 Å². The molecule has 25 heavy (non-hydrogen) atoms. The van der Waals surface area contributed by atoms with E-state index in [2.05, 4.69) is 5.32 Å². The Morgan fingerprint density at radius 1 is 1.16 bits per heavy atom. The van der Waals surface area contributed by atoms with Gasteiger partial charge in [0.25, 0.3) is 5.91 Å². The average molecular weight is 486 g/mol. The zero-order valence-electron chi connectivity index (χ0n) is 13.0. The number of methoxy groups -OCH3 is 2. The van der Waals surface area contributed by atoms with Gasteiger partial charge in [0, 0.05) is 9.13 Å². The predicted octanol–water partition coefficient (Wildman–Crippen LogP) is 5.23. The molecule has 2 rings (SSSR count). The highest BCUT2D eigenvalue weighted by molar-refractivity contribution is 14.1. The molecule has 0 aromatic heterocycles. The van der Waals surface area contributed by atoms with Crippen molar-refractivity contribution in [3.05, 3.63) is 50.1 Å². The van der Waals surface area contributed by atoms with Crippen LogP contribution < -0.4 is 14.8 Å². The lowest BCUT2D eigenvalue weighted by Crippen LogP contribution is -2.14. The number of alkyl halides is 3. The van der Waals surface area contributed by atoms with Crippen LogP contribution in [-0.4, -0.2) is 20.1 Å². The maximum Gasteiger partial charge on any atom is 0.416 e. The number of anilines is 1. The number of ether oxygens (including phenoxy) is 2. The number of carbonyl (C=O) groups excluding carboxylic acids is 1. The summed E-state index contributed by atoms with van der Waals surface area (Å²) < 4.78 is 49.1. The molecule has 9 heteroatoms. The zero-order chi connectivity index (χ0) is 18.8. The van der Waals surface area contributed by atoms with Crippen molar-refractivity contribution >= 4 is 45.8 Å². The van der Waals surface area contributed by atoms with E-state index in [9.17, 15) is 18.0 Å². The van der Waals surface area contributed by atoms with E-state index in [4.69, 9.17) is 21.1 Å². The van der Waals surface area contributed by atoms with Crippen molar-refractivity contribution in [3.63, 3.8) is 0 Å². The fourth-order valence-corrected chi connectivity index (χ4v) is 2.80. The van der Waals surface area contributed by atoms with Gasteiger partial charge in [-0.25, -0.2) is 0 Å². The molecule has 4 nitrogen and oxygen atoms in total. The van der Waals surface area contributed by atoms with Crippen LogP contribution in [0, 0.1) is 3.57 Å². The van der Waals surface area contributed by atoms with Gasteiger partial charge >= 0.3 is 6.18 Å². The largest absolute Gasteiger partial charge is 0.493 e. The molecule has 0 unspecified atom stereocenters. The summed E-state index contributed by atoms with van der Waals surface area (Å²) in [6, 6.07) is 5.84. The second kappa shape index (κ2) is 7.69. The molecule has 0 fully saturated rings. The minimum Gasteiger partial charge on any atom is -0.493 e. The van der Waals surface area contributed by atoms with E-state index in [0.717, 1.165) is 12.1 Å². The molecule has 0 atom stereocenters. The molecule has 0 spiro atoms. The summed E-state index contributed by atoms with van der Waals surface area (Å²) in [5, 5.41) is 2.60. The first-order chi connectivity index (χ1) is 11.7. The Kier molecular flexibility index (Phi) is 6.04. The van der Waals surface area contributed by atoms with Gasteiger partial charge in [0.1, 0.15) is 0 Å². The first-order valence-electron chi connectivity index (χ1n) is 6.77. The summed E-state index contributed by atoms with van der Waals surface area (Å²) in [4.78, 5) is 12.4. The Labute approximate surface area is 160 Å². The summed E-state index contributed by atoms with van der Waals surface area (Å²) in [5.41, 5.74) is -0.684. The summed E-state index contributed by atoms with van der Waals surface area (Å²) in [5.74, 6) is -0.131. The molecule has 1 N–H and O–H groups in total. The van der Waals surface area contributed by atoms with Gasteiger partial charge in [0.2, 0.25) is 0 Å². The Morgan fingerprint density at radius 2 is 1.84 bits per heavy atom. The van der Waals surface area contributed by atoms with Crippen LogP contribution in [-0.2, 0) is 6.18 Å². The molecule has 0 aliphatic carbocycles. The predicted molar refractivity (Wildman–Crippen MR) is 96.7 cm³/mol. The van der Waals surface area contributed by atoms with Crippen LogP contribution in [0.15, 0.2) is 30.3 Å². The first-order valence-corrected chi connectivity index (χ1v) is 8.22. The fourth-order valence-electron chi connectivity index (χ4n) is 2.04. The van der Waals surface area contributed by atoms with E-state index in [0.29, 0.717) is 3.57 Å². The zero-order valence-corrected chi connectivity index (χ0v) is 15.9. The van der Waals surface area contributed by atoms with Crippen molar-refractivity contribution in [1.82, 2.24) is 0 Å². The van der Waals surface area contributed by atoms with Gasteiger partial charge in [0.15, 0.2) is 11.5 Å². The number of hydrogen-bond acceptors (Lipinski definition) is 3. The maximum atomic E-state index is 12.8. The lowest BCUT2D eigenvalue weighted by molar-refractivity contribution is -0.137. The van der Waals surface area contributed by atoms with Crippen LogP contribution in [0.2, 0.25) is 5.02 Å². The summed E-state index contributed by atoms with van der Waals surface area (Å²) in [6.07, 6.45) is -4.50. The van der Waals surface area contributed by atoms with Crippen LogP contribution in [0.25, 0.3) is 0 Å². The third kappa shape index (κ3) is 4.49. The molecule has 0 radical (unpaired) electrons. The molecule has 0 bridgehead atoms. The molecule has 1 amide bonds. The normalized spacial score (nSPS) is 11.2. The minimum absolute atomic E-state index is 0.0475. The van der Waals surface area contributed by atoms with Gasteiger partial charge in [0.05, 0.1) is 30.5 Å². The Morgan fingerprint density at radius 3 is 2.40 bits per heavy atom. The highest BCUT2D eigenvalue weighted by atomic mass is 127. The van der Waals surface area contributed by atoms with E-state index < -0.39 is 17.6 Å². The third-order valence-electron chi connectivity index (χ3n) is 3.24. The lowest BCUT2D eigenvalue weighted by Gasteiger charge is -2.14. The summed E-state index contributed by atoms with van der Waals surface area (Å²) in [7, 11) is 2.78. The van der Waals surface area contributed by atoms with Gasteiger partial charge in [-0.15, -0.1) is 0 Å². The number of rotatable bonds is 4. The summed E-state index contributed by atoms with van der Waals surface area (Å²) in [6.45, 7) is 0. The minimum atomic E-state index is -4.50. The highest BCUT2D eigenvalue weighted by Crippen LogP contribution is 2.37. The van der Waals surface area contributed by atoms with E-state index >= 15 is 0 Å². The number of halogens is 5. The quantitative estimate of drug-likeness (QED) is 0.603. The number of nitrogens with one attached hydrogen (secondary N) is 1. The van der Waals surface area contributed by atoms with Gasteiger partial charge in [-0.2, -0.15) is 13.2 Å². The molecule has 134 valence electrons. The molecular formula is C16H12ClF3INO3. The van der Waals surface area contributed by atoms with E-state index in [-0.39, 0.29) is 27.8 Å². The smallest absolute Gasteiger partial charge is 0.416 e. The van der Waals surface area contributed by atoms with Crippen LogP contribution >= 0.6 is 34.2 Å². The van der Waals surface area contributed by atoms with Crippen LogP contribution in [0.4, 0.5) is 18.9 Å². The van der Waals surface area contributed by atoms with Crippen molar-refractivity contribution in [1.29, 1.82) is 0 Å². The van der Waals surface area contributed by atoms with Crippen LogP contribution in [0.1, 0.15) is 15.9 Å². The van der Waals surface area contributed by atoms with Gasteiger partial charge in [-0.05, 0) is 52.9 Å². The second-order valence-corrected chi connectivity index (χ2v) is 6.41. The maximum absolute atomic E-state index is 12.8. The van der Waals surface area contributed by atoms with Crippen molar-refractivity contribution in [2.75, 3.05) is 19.5 Å². The van der Waals surface area contributed by atoms with E-state index in [1.165, 1.54) is 32.4 Å². The molecule has 0 aliphatic heterocycles. The molecule has 2 aromatic carbocycles. The Hall–Kier alpha value is -1.68. The van der Waals surface area contributed by atoms with E-state index in [1.54, 1.807) is 0 Å². The standard InChI is InChI=1S/C16H12ClF3INO3/c1-24-13-6-8(5-10(17)14(13)25-2)15(23)22-12-7-9(16(18,19)20)3-4-11(12)21/h3-7H,1-2H3,(H,22,23). The summed E-state index contributed by atoms with van der Waals surface area (Å²) >= 11 is 7.88. The number of carbonyl (C=O) groups is 1. The first kappa shape index (κ1) is 19.6. The third-order valence-corrected chi connectivity index (χ3v) is 4.46. The van der Waals surface area contributed by atoms with Crippen molar-refractivity contribution in [2.24, 2.45) is 0 Å². The fraction of sp³-hybridized carbons (Fsp3) is 0.188. The van der Waals surface area contributed by atoms with Crippen molar-refractivity contribution < 1.29 is 27.4 Å². The molecule has 0 saturated carbocycles. The number of hydrogen-bond donors (Lipinski definition) is 1. The Balaban J connectivity index is 2.36. The molecule has 0 saturated heterocycles. The second-order valence-electron chi connectivity index (χ2n) is 4.84. The lowest BCUT2D eigenvalue weighted by atomic mass is 10.1. The van der Waals surface area contributed by atoms with Crippen molar-refractivity contribution in [3.8, 4) is 11.5 Å². The topological polar surface area (TPSA) is 47.6 Å². The Bertz CT molecular complexity index is 812. The van der Waals surface area contributed by atoms with Crippen LogP contribution in [0.3, 0.4) is 0 Å². The molecule has 0 aliphatic rings. The molecular weight excluding hydrogens is 474 g/mol. The average Bonchev–Trinajstić information content (AvgIpc) is 2.54. The SMILES string of the molecule is COc1cc(C(=O)Nc2cc(C(F)(F)F)ccc2I)cc(Cl)c1OC. The van der Waals surface area contributed by atoms with Crippen LogP contribution in [0.5, 0.6) is 11.5 Å². The number of amides is 1. The van der Waals surface area contributed by atoms with Gasteiger partial charge in [-0.1, -0.05) is 11.6 Å². The highest BCUT2D eigenvalue weighted by Gasteiger charge is 2.31. The van der Waals surface area contributed by atoms with E-state index in [1.807, 2.05) is 22.6 Å². The monoisotopic (exact) mass is 485 g/mol. The molecule has 2 aromatic rings. The van der Waals surface area contributed by atoms with Crippen molar-refractivity contribution in [2.45, 2.75) is 6.18 Å². The van der Waals surface area contributed by atoms with Gasteiger partial charge < -0.3 is 14.8 Å². The molecule has 0 heterocycles.